The number of benzene rings is 2. The lowest BCUT2D eigenvalue weighted by atomic mass is 10.1. The lowest BCUT2D eigenvalue weighted by Gasteiger charge is -2.16. The maximum atomic E-state index is 12.1. The molecule has 0 aromatic heterocycles. The highest BCUT2D eigenvalue weighted by molar-refractivity contribution is 5.91. The van der Waals surface area contributed by atoms with Crippen LogP contribution >= 0.6 is 0 Å². The van der Waals surface area contributed by atoms with Crippen LogP contribution in [0.2, 0.25) is 0 Å². The van der Waals surface area contributed by atoms with E-state index in [9.17, 15) is 9.90 Å². The number of para-hydroxylation sites is 1. The largest absolute Gasteiger partial charge is 0.497 e. The maximum Gasteiger partial charge on any atom is 0.319 e. The summed E-state index contributed by atoms with van der Waals surface area (Å²) >= 11 is 0. The zero-order valence-electron chi connectivity index (χ0n) is 14.4. The van der Waals surface area contributed by atoms with Gasteiger partial charge < -0.3 is 30.0 Å². The molecule has 7 nitrogen and oxygen atoms in total. The quantitative estimate of drug-likeness (QED) is 0.717. The normalized spacial score (nSPS) is 11.4. The summed E-state index contributed by atoms with van der Waals surface area (Å²) in [6.07, 6.45) is -0.894. The third-order valence-electron chi connectivity index (χ3n) is 3.61. The molecule has 134 valence electrons. The van der Waals surface area contributed by atoms with Crippen LogP contribution in [0, 0.1) is 0 Å². The van der Waals surface area contributed by atoms with Gasteiger partial charge in [0.05, 0.1) is 33.1 Å². The highest BCUT2D eigenvalue weighted by atomic mass is 16.5. The first-order valence-electron chi connectivity index (χ1n) is 7.67. The average Bonchev–Trinajstić information content (AvgIpc) is 2.65. The van der Waals surface area contributed by atoms with E-state index >= 15 is 0 Å². The number of carbonyl (C=O) groups is 1. The Morgan fingerprint density at radius 1 is 1.04 bits per heavy atom. The van der Waals surface area contributed by atoms with Crippen molar-refractivity contribution in [3.63, 3.8) is 0 Å². The van der Waals surface area contributed by atoms with Gasteiger partial charge in [0.15, 0.2) is 0 Å². The van der Waals surface area contributed by atoms with Crippen molar-refractivity contribution in [2.24, 2.45) is 0 Å². The molecule has 2 aromatic rings. The summed E-state index contributed by atoms with van der Waals surface area (Å²) in [7, 11) is 4.58. The standard InChI is InChI=1S/C18H22N2O5/c1-23-12-8-9-17(25-3)14(10-12)20-18(22)19-11-15(21)13-6-4-5-7-16(13)24-2/h4-10,15,21H,11H2,1-3H3,(H2,19,20,22)/t15-/m0/s1. The van der Waals surface area contributed by atoms with Gasteiger partial charge in [0, 0.05) is 18.2 Å². The minimum absolute atomic E-state index is 0.0263. The Labute approximate surface area is 146 Å². The molecule has 2 amide bonds. The molecule has 0 spiro atoms. The zero-order chi connectivity index (χ0) is 18.2. The Balaban J connectivity index is 1.99. The fourth-order valence-corrected chi connectivity index (χ4v) is 2.32. The maximum absolute atomic E-state index is 12.1. The smallest absolute Gasteiger partial charge is 0.319 e. The lowest BCUT2D eigenvalue weighted by molar-refractivity contribution is 0.171. The van der Waals surface area contributed by atoms with Crippen LogP contribution in [0.3, 0.4) is 0 Å². The van der Waals surface area contributed by atoms with Gasteiger partial charge >= 0.3 is 6.03 Å². The fraction of sp³-hybridized carbons (Fsp3) is 0.278. The summed E-state index contributed by atoms with van der Waals surface area (Å²) in [6.45, 7) is 0.0263. The molecule has 3 N–H and O–H groups in total. The van der Waals surface area contributed by atoms with Crippen molar-refractivity contribution >= 4 is 11.7 Å². The van der Waals surface area contributed by atoms with Gasteiger partial charge in [-0.2, -0.15) is 0 Å². The molecule has 0 aliphatic heterocycles. The van der Waals surface area contributed by atoms with E-state index in [0.717, 1.165) is 0 Å². The summed E-state index contributed by atoms with van der Waals surface area (Å²) in [4.78, 5) is 12.1. The van der Waals surface area contributed by atoms with Crippen molar-refractivity contribution in [3.8, 4) is 17.2 Å². The van der Waals surface area contributed by atoms with Crippen LogP contribution < -0.4 is 24.8 Å². The Kier molecular flexibility index (Phi) is 6.47. The SMILES string of the molecule is COc1ccc(OC)c(NC(=O)NC[C@H](O)c2ccccc2OC)c1. The number of methoxy groups -OCH3 is 3. The van der Waals surface area contributed by atoms with E-state index in [1.807, 2.05) is 6.07 Å². The topological polar surface area (TPSA) is 89.1 Å². The van der Waals surface area contributed by atoms with E-state index in [2.05, 4.69) is 10.6 Å². The number of nitrogens with one attached hydrogen (secondary N) is 2. The molecule has 0 saturated heterocycles. The first-order valence-corrected chi connectivity index (χ1v) is 7.67. The predicted octanol–water partition coefficient (Wildman–Crippen LogP) is 2.57. The molecule has 0 aliphatic rings. The highest BCUT2D eigenvalue weighted by Crippen LogP contribution is 2.29. The number of hydrogen-bond donors (Lipinski definition) is 3. The minimum Gasteiger partial charge on any atom is -0.497 e. The van der Waals surface area contributed by atoms with Gasteiger partial charge in [-0.25, -0.2) is 4.79 Å². The highest BCUT2D eigenvalue weighted by Gasteiger charge is 2.15. The van der Waals surface area contributed by atoms with Gasteiger partial charge in [-0.05, 0) is 18.2 Å². The summed E-state index contributed by atoms with van der Waals surface area (Å²) in [5.41, 5.74) is 1.07. The van der Waals surface area contributed by atoms with Crippen LogP contribution in [0.15, 0.2) is 42.5 Å². The fourth-order valence-electron chi connectivity index (χ4n) is 2.32. The summed E-state index contributed by atoms with van der Waals surface area (Å²) in [6, 6.07) is 11.7. The lowest BCUT2D eigenvalue weighted by Crippen LogP contribution is -2.32. The second-order valence-electron chi connectivity index (χ2n) is 5.16. The zero-order valence-corrected chi connectivity index (χ0v) is 14.4. The number of anilines is 1. The van der Waals surface area contributed by atoms with E-state index in [1.54, 1.807) is 36.4 Å². The number of urea groups is 1. The molecule has 2 aromatic carbocycles. The van der Waals surface area contributed by atoms with Crippen LogP contribution in [0.5, 0.6) is 17.2 Å². The Morgan fingerprint density at radius 3 is 2.44 bits per heavy atom. The van der Waals surface area contributed by atoms with Gasteiger partial charge in [0.1, 0.15) is 17.2 Å². The summed E-state index contributed by atoms with van der Waals surface area (Å²) in [5.74, 6) is 1.65. The average molecular weight is 346 g/mol. The predicted molar refractivity (Wildman–Crippen MR) is 94.5 cm³/mol. The first kappa shape index (κ1) is 18.4. The third kappa shape index (κ3) is 4.77. The van der Waals surface area contributed by atoms with Crippen molar-refractivity contribution in [1.29, 1.82) is 0 Å². The van der Waals surface area contributed by atoms with Gasteiger partial charge in [0.25, 0.3) is 0 Å². The number of carbonyl (C=O) groups excluding carboxylic acids is 1. The van der Waals surface area contributed by atoms with Crippen molar-refractivity contribution in [2.75, 3.05) is 33.2 Å². The monoisotopic (exact) mass is 346 g/mol. The van der Waals surface area contributed by atoms with Gasteiger partial charge in [-0.1, -0.05) is 18.2 Å². The number of aliphatic hydroxyl groups is 1. The van der Waals surface area contributed by atoms with Gasteiger partial charge in [0.2, 0.25) is 0 Å². The number of hydrogen-bond acceptors (Lipinski definition) is 5. The second-order valence-corrected chi connectivity index (χ2v) is 5.16. The Morgan fingerprint density at radius 2 is 1.76 bits per heavy atom. The van der Waals surface area contributed by atoms with E-state index in [4.69, 9.17) is 14.2 Å². The van der Waals surface area contributed by atoms with Crippen molar-refractivity contribution in [1.82, 2.24) is 5.32 Å². The number of aliphatic hydroxyl groups excluding tert-OH is 1. The van der Waals surface area contributed by atoms with Crippen LogP contribution in [0.25, 0.3) is 0 Å². The third-order valence-corrected chi connectivity index (χ3v) is 3.61. The van der Waals surface area contributed by atoms with E-state index in [1.165, 1.54) is 21.3 Å². The molecule has 7 heteroatoms. The molecule has 25 heavy (non-hydrogen) atoms. The molecular weight excluding hydrogens is 324 g/mol. The van der Waals surface area contributed by atoms with E-state index < -0.39 is 12.1 Å². The van der Waals surface area contributed by atoms with Gasteiger partial charge in [-0.3, -0.25) is 0 Å². The Bertz CT molecular complexity index is 720. The van der Waals surface area contributed by atoms with Crippen LogP contribution in [-0.2, 0) is 0 Å². The van der Waals surface area contributed by atoms with Crippen LogP contribution in [0.4, 0.5) is 10.5 Å². The van der Waals surface area contributed by atoms with E-state index in [0.29, 0.717) is 28.5 Å². The number of ether oxygens (including phenoxy) is 3. The van der Waals surface area contributed by atoms with Crippen LogP contribution in [0.1, 0.15) is 11.7 Å². The first-order chi connectivity index (χ1) is 12.1. The minimum atomic E-state index is -0.894. The summed E-state index contributed by atoms with van der Waals surface area (Å²) in [5, 5.41) is 15.6. The molecule has 0 unspecified atom stereocenters. The molecule has 0 heterocycles. The van der Waals surface area contributed by atoms with Crippen molar-refractivity contribution in [3.05, 3.63) is 48.0 Å². The molecule has 0 fully saturated rings. The van der Waals surface area contributed by atoms with Crippen LogP contribution in [-0.4, -0.2) is 39.0 Å². The van der Waals surface area contributed by atoms with Gasteiger partial charge in [-0.15, -0.1) is 0 Å². The molecule has 0 aliphatic carbocycles. The second kappa shape index (κ2) is 8.79. The molecule has 0 radical (unpaired) electrons. The number of rotatable bonds is 7. The van der Waals surface area contributed by atoms with Crippen molar-refractivity contribution in [2.45, 2.75) is 6.10 Å². The number of amides is 2. The molecule has 0 saturated carbocycles. The molecule has 0 bridgehead atoms. The molecule has 1 atom stereocenters. The summed E-state index contributed by atoms with van der Waals surface area (Å²) < 4.78 is 15.5. The van der Waals surface area contributed by atoms with Crippen molar-refractivity contribution < 1.29 is 24.1 Å². The molecular formula is C18H22N2O5. The Hall–Kier alpha value is -2.93. The molecule has 2 rings (SSSR count). The van der Waals surface area contributed by atoms with E-state index in [-0.39, 0.29) is 6.54 Å².